The second-order valence-electron chi connectivity index (χ2n) is 5.88. The molecule has 0 aliphatic carbocycles. The van der Waals surface area contributed by atoms with Gasteiger partial charge in [-0.3, -0.25) is 4.99 Å². The van der Waals surface area contributed by atoms with Gasteiger partial charge < -0.3 is 20.1 Å². The van der Waals surface area contributed by atoms with E-state index in [1.165, 1.54) is 0 Å². The molecule has 0 saturated carbocycles. The second-order valence-corrected chi connectivity index (χ2v) is 5.88. The Balaban J connectivity index is 0.00000576. The molecule has 5 nitrogen and oxygen atoms in total. The molecule has 0 bridgehead atoms. The Bertz CT molecular complexity index is 507. The number of nitrogens with one attached hydrogen (secondary N) is 2. The molecule has 0 heterocycles. The van der Waals surface area contributed by atoms with Gasteiger partial charge in [-0.25, -0.2) is 0 Å². The molecule has 0 radical (unpaired) electrons. The number of ether oxygens (including phenoxy) is 2. The molecular weight excluding hydrogens is 429 g/mol. The van der Waals surface area contributed by atoms with Gasteiger partial charge in [-0.15, -0.1) is 24.0 Å². The summed E-state index contributed by atoms with van der Waals surface area (Å²) in [6, 6.07) is 7.97. The molecule has 0 saturated heterocycles. The van der Waals surface area contributed by atoms with E-state index in [0.717, 1.165) is 43.5 Å². The lowest BCUT2D eigenvalue weighted by Gasteiger charge is -2.14. The standard InChI is InChI=1S/C19H31N3O2.HI/c1-5-12-24-18-10-7-6-9-17(18)14-22-19(20-4)21-11-8-13-23-15-16(2)3;/h5-7,9-10,16H,1,8,11-15H2,2-4H3,(H2,20,21,22);1H. The minimum atomic E-state index is 0. The van der Waals surface area contributed by atoms with Crippen molar-refractivity contribution < 1.29 is 9.47 Å². The van der Waals surface area contributed by atoms with Crippen molar-refractivity contribution in [3.8, 4) is 5.75 Å². The fourth-order valence-corrected chi connectivity index (χ4v) is 2.04. The minimum Gasteiger partial charge on any atom is -0.489 e. The fraction of sp³-hybridized carbons (Fsp3) is 0.526. The molecule has 0 aliphatic heterocycles. The predicted octanol–water partition coefficient (Wildman–Crippen LogP) is 3.60. The van der Waals surface area contributed by atoms with E-state index in [9.17, 15) is 0 Å². The summed E-state index contributed by atoms with van der Waals surface area (Å²) in [5.74, 6) is 2.22. The SMILES string of the molecule is C=CCOc1ccccc1CNC(=NC)NCCCOCC(C)C.I. The maximum atomic E-state index is 5.66. The van der Waals surface area contributed by atoms with Crippen LogP contribution in [0.4, 0.5) is 0 Å². The highest BCUT2D eigenvalue weighted by Gasteiger charge is 2.04. The van der Waals surface area contributed by atoms with Gasteiger partial charge >= 0.3 is 0 Å². The van der Waals surface area contributed by atoms with Gasteiger partial charge in [-0.2, -0.15) is 0 Å². The monoisotopic (exact) mass is 461 g/mol. The van der Waals surface area contributed by atoms with Crippen molar-refractivity contribution in [2.75, 3.05) is 33.4 Å². The van der Waals surface area contributed by atoms with Crippen molar-refractivity contribution in [3.05, 3.63) is 42.5 Å². The number of hydrogen-bond donors (Lipinski definition) is 2. The molecule has 0 aliphatic rings. The molecule has 1 aromatic carbocycles. The molecule has 0 fully saturated rings. The van der Waals surface area contributed by atoms with Crippen molar-refractivity contribution in [2.24, 2.45) is 10.9 Å². The van der Waals surface area contributed by atoms with Crippen LogP contribution in [0.1, 0.15) is 25.8 Å². The number of nitrogens with zero attached hydrogens (tertiary/aromatic N) is 1. The van der Waals surface area contributed by atoms with Gasteiger partial charge in [-0.05, 0) is 18.4 Å². The molecule has 25 heavy (non-hydrogen) atoms. The fourth-order valence-electron chi connectivity index (χ4n) is 2.04. The van der Waals surface area contributed by atoms with Crippen molar-refractivity contribution in [2.45, 2.75) is 26.8 Å². The first-order valence-corrected chi connectivity index (χ1v) is 8.51. The Morgan fingerprint density at radius 3 is 2.72 bits per heavy atom. The van der Waals surface area contributed by atoms with E-state index in [2.05, 4.69) is 36.1 Å². The Kier molecular flexibility index (Phi) is 14.2. The number of rotatable bonds is 11. The normalized spacial score (nSPS) is 11.0. The van der Waals surface area contributed by atoms with Gasteiger partial charge in [0.15, 0.2) is 5.96 Å². The third-order valence-electron chi connectivity index (χ3n) is 3.21. The van der Waals surface area contributed by atoms with E-state index in [1.807, 2.05) is 24.3 Å². The molecule has 1 rings (SSSR count). The van der Waals surface area contributed by atoms with Crippen LogP contribution in [0.3, 0.4) is 0 Å². The second kappa shape index (κ2) is 15.0. The van der Waals surface area contributed by atoms with Gasteiger partial charge in [0.25, 0.3) is 0 Å². The summed E-state index contributed by atoms with van der Waals surface area (Å²) in [7, 11) is 1.77. The van der Waals surface area contributed by atoms with E-state index >= 15 is 0 Å². The Morgan fingerprint density at radius 1 is 1.28 bits per heavy atom. The van der Waals surface area contributed by atoms with Gasteiger partial charge in [0.2, 0.25) is 0 Å². The highest BCUT2D eigenvalue weighted by Crippen LogP contribution is 2.17. The summed E-state index contributed by atoms with van der Waals surface area (Å²) < 4.78 is 11.2. The first-order valence-electron chi connectivity index (χ1n) is 8.51. The molecule has 0 spiro atoms. The minimum absolute atomic E-state index is 0. The molecular formula is C19H32IN3O2. The lowest BCUT2D eigenvalue weighted by molar-refractivity contribution is 0.108. The highest BCUT2D eigenvalue weighted by molar-refractivity contribution is 14.0. The topological polar surface area (TPSA) is 54.9 Å². The number of aliphatic imine (C=N–C) groups is 1. The van der Waals surface area contributed by atoms with E-state index < -0.39 is 0 Å². The van der Waals surface area contributed by atoms with Crippen molar-refractivity contribution in [1.82, 2.24) is 10.6 Å². The quantitative estimate of drug-likeness (QED) is 0.174. The van der Waals surface area contributed by atoms with Crippen LogP contribution in [0.2, 0.25) is 0 Å². The average Bonchev–Trinajstić information content (AvgIpc) is 2.59. The predicted molar refractivity (Wildman–Crippen MR) is 116 cm³/mol. The number of para-hydroxylation sites is 1. The molecule has 0 atom stereocenters. The third-order valence-corrected chi connectivity index (χ3v) is 3.21. The lowest BCUT2D eigenvalue weighted by atomic mass is 10.2. The van der Waals surface area contributed by atoms with Gasteiger partial charge in [0.05, 0.1) is 0 Å². The highest BCUT2D eigenvalue weighted by atomic mass is 127. The zero-order valence-electron chi connectivity index (χ0n) is 15.6. The van der Waals surface area contributed by atoms with Crippen LogP contribution in [-0.4, -0.2) is 39.4 Å². The molecule has 0 aromatic heterocycles. The van der Waals surface area contributed by atoms with E-state index in [-0.39, 0.29) is 24.0 Å². The molecule has 6 heteroatoms. The van der Waals surface area contributed by atoms with Gasteiger partial charge in [0.1, 0.15) is 12.4 Å². The van der Waals surface area contributed by atoms with Crippen molar-refractivity contribution in [3.63, 3.8) is 0 Å². The first kappa shape index (κ1) is 23.7. The number of benzene rings is 1. The molecule has 0 unspecified atom stereocenters. The largest absolute Gasteiger partial charge is 0.489 e. The number of hydrogen-bond acceptors (Lipinski definition) is 3. The Labute approximate surface area is 169 Å². The average molecular weight is 461 g/mol. The number of halogens is 1. The third kappa shape index (κ3) is 11.0. The zero-order chi connectivity index (χ0) is 17.6. The maximum absolute atomic E-state index is 5.66. The van der Waals surface area contributed by atoms with Gasteiger partial charge in [-0.1, -0.05) is 44.7 Å². The van der Waals surface area contributed by atoms with Crippen LogP contribution < -0.4 is 15.4 Å². The summed E-state index contributed by atoms with van der Waals surface area (Å²) in [6.45, 7) is 11.5. The maximum Gasteiger partial charge on any atom is 0.191 e. The van der Waals surface area contributed by atoms with Crippen LogP contribution in [-0.2, 0) is 11.3 Å². The van der Waals surface area contributed by atoms with Gasteiger partial charge in [0, 0.05) is 38.9 Å². The zero-order valence-corrected chi connectivity index (χ0v) is 17.9. The molecule has 0 amide bonds. The van der Waals surface area contributed by atoms with E-state index in [0.29, 0.717) is 19.1 Å². The van der Waals surface area contributed by atoms with Crippen LogP contribution in [0.25, 0.3) is 0 Å². The lowest BCUT2D eigenvalue weighted by Crippen LogP contribution is -2.37. The summed E-state index contributed by atoms with van der Waals surface area (Å²) >= 11 is 0. The van der Waals surface area contributed by atoms with Crippen LogP contribution in [0.5, 0.6) is 5.75 Å². The molecule has 1 aromatic rings. The molecule has 2 N–H and O–H groups in total. The molecule has 142 valence electrons. The number of guanidine groups is 1. The van der Waals surface area contributed by atoms with Crippen LogP contribution in [0, 0.1) is 5.92 Å². The summed E-state index contributed by atoms with van der Waals surface area (Å²) in [5, 5.41) is 6.60. The van der Waals surface area contributed by atoms with E-state index in [1.54, 1.807) is 13.1 Å². The van der Waals surface area contributed by atoms with Crippen LogP contribution >= 0.6 is 24.0 Å². The Morgan fingerprint density at radius 2 is 2.04 bits per heavy atom. The van der Waals surface area contributed by atoms with Crippen molar-refractivity contribution in [1.29, 1.82) is 0 Å². The van der Waals surface area contributed by atoms with E-state index in [4.69, 9.17) is 9.47 Å². The summed E-state index contributed by atoms with van der Waals surface area (Å²) in [5.41, 5.74) is 1.09. The Hall–Kier alpha value is -1.28. The summed E-state index contributed by atoms with van der Waals surface area (Å²) in [4.78, 5) is 4.24. The first-order chi connectivity index (χ1) is 11.7. The smallest absolute Gasteiger partial charge is 0.191 e. The van der Waals surface area contributed by atoms with Crippen LogP contribution in [0.15, 0.2) is 41.9 Å². The summed E-state index contributed by atoms with van der Waals surface area (Å²) in [6.07, 6.45) is 2.69. The van der Waals surface area contributed by atoms with Crippen molar-refractivity contribution >= 4 is 29.9 Å².